The second-order valence-electron chi connectivity index (χ2n) is 7.32. The molecule has 0 radical (unpaired) electrons. The molecule has 7 heteroatoms. The molecule has 2 aromatic carbocycles. The molecule has 2 heterocycles. The van der Waals surface area contributed by atoms with E-state index in [-0.39, 0.29) is 0 Å². The van der Waals surface area contributed by atoms with Gasteiger partial charge in [0, 0.05) is 5.69 Å². The van der Waals surface area contributed by atoms with Gasteiger partial charge in [0.05, 0.1) is 25.5 Å². The third-order valence-corrected chi connectivity index (χ3v) is 6.23. The Morgan fingerprint density at radius 3 is 2.53 bits per heavy atom. The summed E-state index contributed by atoms with van der Waals surface area (Å²) >= 11 is 1.76. The summed E-state index contributed by atoms with van der Waals surface area (Å²) in [6, 6.07) is 18.5. The minimum Gasteiger partial charge on any atom is -0.486 e. The van der Waals surface area contributed by atoms with Gasteiger partial charge in [0.25, 0.3) is 0 Å². The highest BCUT2D eigenvalue weighted by molar-refractivity contribution is 7.99. The monoisotopic (exact) mass is 425 g/mol. The number of nitrogens with one attached hydrogen (secondary N) is 1. The first-order chi connectivity index (χ1) is 14.8. The number of aryl methyl sites for hydroxylation is 1. The van der Waals surface area contributed by atoms with Crippen LogP contribution in [0.1, 0.15) is 18.3 Å². The Labute approximate surface area is 182 Å². The van der Waals surface area contributed by atoms with Crippen LogP contribution < -0.4 is 9.64 Å². The van der Waals surface area contributed by atoms with Gasteiger partial charge in [0.2, 0.25) is 0 Å². The van der Waals surface area contributed by atoms with Crippen molar-refractivity contribution in [2.75, 3.05) is 38.6 Å². The van der Waals surface area contributed by atoms with Crippen LogP contribution in [0.2, 0.25) is 0 Å². The number of ether oxygens (including phenoxy) is 2. The first-order valence-electron chi connectivity index (χ1n) is 10.6. The molecule has 0 amide bonds. The van der Waals surface area contributed by atoms with Crippen LogP contribution >= 0.6 is 11.8 Å². The maximum Gasteiger partial charge on any atom is 0.196 e. The van der Waals surface area contributed by atoms with Gasteiger partial charge in [-0.15, -0.1) is 10.2 Å². The number of benzene rings is 2. The highest BCUT2D eigenvalue weighted by atomic mass is 32.2. The molecule has 0 unspecified atom stereocenters. The number of quaternary nitrogens is 1. The van der Waals surface area contributed by atoms with Crippen molar-refractivity contribution in [1.82, 2.24) is 14.8 Å². The van der Waals surface area contributed by atoms with Gasteiger partial charge < -0.3 is 14.4 Å². The van der Waals surface area contributed by atoms with E-state index in [1.165, 1.54) is 5.56 Å². The molecule has 158 valence electrons. The van der Waals surface area contributed by atoms with Crippen molar-refractivity contribution in [3.8, 4) is 11.4 Å². The molecule has 4 rings (SSSR count). The van der Waals surface area contributed by atoms with Crippen LogP contribution in [0.15, 0.2) is 59.8 Å². The molecule has 6 nitrogen and oxygen atoms in total. The summed E-state index contributed by atoms with van der Waals surface area (Å²) in [6.07, 6.45) is 1.02. The number of para-hydroxylation sites is 1. The molecule has 1 aliphatic rings. The van der Waals surface area contributed by atoms with Gasteiger partial charge >= 0.3 is 0 Å². The molecule has 0 atom stereocenters. The lowest BCUT2D eigenvalue weighted by atomic mass is 10.2. The molecule has 0 bridgehead atoms. The zero-order valence-electron chi connectivity index (χ0n) is 17.4. The molecule has 3 aromatic rings. The molecule has 0 aliphatic carbocycles. The van der Waals surface area contributed by atoms with E-state index < -0.39 is 0 Å². The summed E-state index contributed by atoms with van der Waals surface area (Å²) in [5.74, 6) is 2.65. The number of aromatic nitrogens is 3. The molecule has 0 saturated carbocycles. The lowest BCUT2D eigenvalue weighted by molar-refractivity contribution is -0.905. The highest BCUT2D eigenvalue weighted by Crippen LogP contribution is 2.23. The summed E-state index contributed by atoms with van der Waals surface area (Å²) in [4.78, 5) is 1.60. The van der Waals surface area contributed by atoms with E-state index >= 15 is 0 Å². The normalized spacial score (nSPS) is 14.7. The van der Waals surface area contributed by atoms with Crippen LogP contribution in [0.25, 0.3) is 5.69 Å². The average Bonchev–Trinajstić information content (AvgIpc) is 3.22. The van der Waals surface area contributed by atoms with Crippen LogP contribution in [0.3, 0.4) is 0 Å². The molecule has 1 saturated heterocycles. The molecule has 1 fully saturated rings. The van der Waals surface area contributed by atoms with Crippen LogP contribution in [0.5, 0.6) is 5.75 Å². The zero-order chi connectivity index (χ0) is 20.6. The van der Waals surface area contributed by atoms with E-state index in [9.17, 15) is 0 Å². The third-order valence-electron chi connectivity index (χ3n) is 5.30. The number of hydrogen-bond donors (Lipinski definition) is 1. The van der Waals surface area contributed by atoms with Crippen LogP contribution in [0.4, 0.5) is 0 Å². The van der Waals surface area contributed by atoms with E-state index in [1.807, 2.05) is 30.3 Å². The van der Waals surface area contributed by atoms with Crippen molar-refractivity contribution in [2.45, 2.75) is 25.1 Å². The van der Waals surface area contributed by atoms with Crippen molar-refractivity contribution < 1.29 is 14.4 Å². The second-order valence-corrected chi connectivity index (χ2v) is 8.38. The predicted octanol–water partition coefficient (Wildman–Crippen LogP) is 2.42. The molecule has 1 aliphatic heterocycles. The first kappa shape index (κ1) is 20.9. The van der Waals surface area contributed by atoms with E-state index in [2.05, 4.69) is 46.0 Å². The lowest BCUT2D eigenvalue weighted by Gasteiger charge is -2.23. The highest BCUT2D eigenvalue weighted by Gasteiger charge is 2.17. The zero-order valence-corrected chi connectivity index (χ0v) is 18.2. The Balaban J connectivity index is 1.45. The van der Waals surface area contributed by atoms with E-state index in [0.717, 1.165) is 67.4 Å². The maximum absolute atomic E-state index is 6.02. The van der Waals surface area contributed by atoms with Gasteiger partial charge in [-0.3, -0.25) is 4.57 Å². The molecular formula is C23H29N4O2S+. The average molecular weight is 426 g/mol. The number of nitrogens with zero attached hydrogens (tertiary/aromatic N) is 3. The van der Waals surface area contributed by atoms with Crippen molar-refractivity contribution in [1.29, 1.82) is 0 Å². The van der Waals surface area contributed by atoms with Gasteiger partial charge in [-0.1, -0.05) is 49.0 Å². The minimum atomic E-state index is 0.378. The summed E-state index contributed by atoms with van der Waals surface area (Å²) < 4.78 is 13.6. The number of hydrogen-bond acceptors (Lipinski definition) is 5. The quantitative estimate of drug-likeness (QED) is 0.534. The largest absolute Gasteiger partial charge is 0.486 e. The standard InChI is InChI=1S/C23H28N4O2S/c1-2-19-8-10-21(11-9-19)29-18-22-24-25-23(27(22)20-6-4-3-5-7-20)30-17-14-26-12-15-28-16-13-26/h3-11H,2,12-18H2,1H3/p+1. The Bertz CT molecular complexity index is 909. The van der Waals surface area contributed by atoms with Gasteiger partial charge in [-0.2, -0.15) is 0 Å². The topological polar surface area (TPSA) is 53.6 Å². The lowest BCUT2D eigenvalue weighted by Crippen LogP contribution is -3.14. The van der Waals surface area contributed by atoms with Gasteiger partial charge in [-0.05, 0) is 36.2 Å². The van der Waals surface area contributed by atoms with Gasteiger partial charge in [0.1, 0.15) is 25.4 Å². The molecule has 1 N–H and O–H groups in total. The van der Waals surface area contributed by atoms with Crippen molar-refractivity contribution in [3.63, 3.8) is 0 Å². The van der Waals surface area contributed by atoms with Crippen molar-refractivity contribution in [2.24, 2.45) is 0 Å². The van der Waals surface area contributed by atoms with Crippen LogP contribution in [-0.2, 0) is 17.8 Å². The molecular weight excluding hydrogens is 396 g/mol. The second kappa shape index (κ2) is 10.6. The SMILES string of the molecule is CCc1ccc(OCc2nnc(SCC[NH+]3CCOCC3)n2-c2ccccc2)cc1. The van der Waals surface area contributed by atoms with Gasteiger partial charge in [0.15, 0.2) is 11.0 Å². The fourth-order valence-electron chi connectivity index (χ4n) is 3.49. The van der Waals surface area contributed by atoms with Crippen molar-refractivity contribution in [3.05, 3.63) is 66.0 Å². The van der Waals surface area contributed by atoms with Crippen LogP contribution in [-0.4, -0.2) is 53.4 Å². The summed E-state index contributed by atoms with van der Waals surface area (Å²) in [7, 11) is 0. The molecule has 0 spiro atoms. The Morgan fingerprint density at radius 2 is 1.80 bits per heavy atom. The first-order valence-corrected chi connectivity index (χ1v) is 11.6. The summed E-state index contributed by atoms with van der Waals surface area (Å²) in [5.41, 5.74) is 2.36. The minimum absolute atomic E-state index is 0.378. The third kappa shape index (κ3) is 5.41. The molecule has 1 aromatic heterocycles. The van der Waals surface area contributed by atoms with E-state index in [0.29, 0.717) is 6.61 Å². The van der Waals surface area contributed by atoms with Crippen molar-refractivity contribution >= 4 is 11.8 Å². The van der Waals surface area contributed by atoms with Crippen LogP contribution in [0, 0.1) is 0 Å². The predicted molar refractivity (Wildman–Crippen MR) is 119 cm³/mol. The summed E-state index contributed by atoms with van der Waals surface area (Å²) in [6.45, 7) is 7.53. The molecule has 30 heavy (non-hydrogen) atoms. The van der Waals surface area contributed by atoms with Gasteiger partial charge in [-0.25, -0.2) is 0 Å². The number of morpholine rings is 1. The van der Waals surface area contributed by atoms with E-state index in [1.54, 1.807) is 16.7 Å². The fourth-order valence-corrected chi connectivity index (χ4v) is 4.50. The Kier molecular flexibility index (Phi) is 7.39. The smallest absolute Gasteiger partial charge is 0.196 e. The fraction of sp³-hybridized carbons (Fsp3) is 0.391. The number of thioether (sulfide) groups is 1. The Morgan fingerprint density at radius 1 is 1.03 bits per heavy atom. The number of rotatable bonds is 9. The maximum atomic E-state index is 6.02. The van der Waals surface area contributed by atoms with E-state index in [4.69, 9.17) is 9.47 Å². The summed E-state index contributed by atoms with van der Waals surface area (Å²) in [5, 5.41) is 9.83. The Hall–Kier alpha value is -2.35.